The Bertz CT molecular complexity index is 892. The van der Waals surface area contributed by atoms with Crippen molar-refractivity contribution >= 4 is 17.1 Å². The first-order valence-corrected chi connectivity index (χ1v) is 8.26. The van der Waals surface area contributed by atoms with E-state index in [4.69, 9.17) is 29.1 Å². The number of rotatable bonds is 4. The van der Waals surface area contributed by atoms with Crippen LogP contribution in [0.15, 0.2) is 39.5 Å². The van der Waals surface area contributed by atoms with Crippen LogP contribution in [0.3, 0.4) is 0 Å². The molecule has 0 bridgehead atoms. The Morgan fingerprint density at radius 3 is 2.67 bits per heavy atom. The smallest absolute Gasteiger partial charge is 0.404 e. The van der Waals surface area contributed by atoms with Crippen molar-refractivity contribution in [3.63, 3.8) is 0 Å². The second-order valence-corrected chi connectivity index (χ2v) is 6.71. The van der Waals surface area contributed by atoms with Gasteiger partial charge in [-0.1, -0.05) is 0 Å². The molecule has 4 atom stereocenters. The monoisotopic (exact) mass is 379 g/mol. The fourth-order valence-electron chi connectivity index (χ4n) is 3.20. The van der Waals surface area contributed by atoms with E-state index < -0.39 is 41.9 Å². The highest BCUT2D eigenvalue weighted by Gasteiger charge is 2.53. The fourth-order valence-corrected chi connectivity index (χ4v) is 3.20. The number of aliphatic hydroxyl groups is 1. The molecule has 0 saturated carbocycles. The highest BCUT2D eigenvalue weighted by Crippen LogP contribution is 2.34. The number of hydrogen-bond acceptors (Lipinski definition) is 8. The number of aliphatic hydroxyl groups excluding tert-OH is 1. The van der Waals surface area contributed by atoms with Gasteiger partial charge in [-0.15, -0.1) is 0 Å². The van der Waals surface area contributed by atoms with Crippen LogP contribution in [0.1, 0.15) is 13.8 Å². The zero-order valence-corrected chi connectivity index (χ0v) is 15.1. The molecular formula is C18H21NO8. The van der Waals surface area contributed by atoms with Crippen LogP contribution < -0.4 is 16.1 Å². The minimum Gasteiger partial charge on any atom is -0.462 e. The third-order valence-electron chi connectivity index (χ3n) is 4.37. The molecule has 1 fully saturated rings. The zero-order valence-electron chi connectivity index (χ0n) is 15.1. The quantitative estimate of drug-likeness (QED) is 0.757. The van der Waals surface area contributed by atoms with E-state index in [-0.39, 0.29) is 0 Å². The second kappa shape index (κ2) is 7.18. The van der Waals surface area contributed by atoms with Crippen LogP contribution in [0.5, 0.6) is 5.75 Å². The summed E-state index contributed by atoms with van der Waals surface area (Å²) < 4.78 is 27.1. The van der Waals surface area contributed by atoms with Crippen LogP contribution in [0.25, 0.3) is 11.0 Å². The van der Waals surface area contributed by atoms with Crippen LogP contribution >= 0.6 is 0 Å². The number of hydrogen-bond donors (Lipinski definition) is 2. The first kappa shape index (κ1) is 19.2. The van der Waals surface area contributed by atoms with Crippen LogP contribution in [0, 0.1) is 0 Å². The molecule has 1 aromatic carbocycles. The van der Waals surface area contributed by atoms with Gasteiger partial charge in [0.25, 0.3) is 0 Å². The number of carbonyl (C=O) groups is 1. The summed E-state index contributed by atoms with van der Waals surface area (Å²) in [5.41, 5.74) is 4.12. The van der Waals surface area contributed by atoms with Crippen molar-refractivity contribution in [3.05, 3.63) is 40.8 Å². The molecule has 0 radical (unpaired) electrons. The van der Waals surface area contributed by atoms with Gasteiger partial charge in [-0.2, -0.15) is 0 Å². The maximum absolute atomic E-state index is 11.3. The summed E-state index contributed by atoms with van der Waals surface area (Å²) in [6, 6.07) is 7.66. The lowest BCUT2D eigenvalue weighted by molar-refractivity contribution is -0.304. The number of nitrogens with two attached hydrogens (primary N) is 1. The Morgan fingerprint density at radius 2 is 2.00 bits per heavy atom. The van der Waals surface area contributed by atoms with Gasteiger partial charge in [0, 0.05) is 18.6 Å². The van der Waals surface area contributed by atoms with E-state index in [2.05, 4.69) is 0 Å². The summed E-state index contributed by atoms with van der Waals surface area (Å²) >= 11 is 0. The number of methoxy groups -OCH3 is 1. The van der Waals surface area contributed by atoms with Gasteiger partial charge in [0.15, 0.2) is 12.2 Å². The molecule has 0 spiro atoms. The molecule has 3 N–H and O–H groups in total. The van der Waals surface area contributed by atoms with Crippen LogP contribution in [0.4, 0.5) is 4.79 Å². The van der Waals surface area contributed by atoms with Crippen molar-refractivity contribution in [1.82, 2.24) is 0 Å². The first-order chi connectivity index (χ1) is 12.7. The summed E-state index contributed by atoms with van der Waals surface area (Å²) in [7, 11) is 1.41. The number of ether oxygens (including phenoxy) is 4. The topological polar surface area (TPSA) is 130 Å². The van der Waals surface area contributed by atoms with E-state index in [1.54, 1.807) is 38.1 Å². The SMILES string of the molecule is CO[C@@H]1[C@@H](OC(N)=O)[C@H](O)C(Oc2ccc3oc(=O)ccc3c2)OC1(C)C. The van der Waals surface area contributed by atoms with Crippen LogP contribution in [0.2, 0.25) is 0 Å². The Morgan fingerprint density at radius 1 is 1.26 bits per heavy atom. The Labute approximate surface area is 154 Å². The highest BCUT2D eigenvalue weighted by molar-refractivity contribution is 5.77. The molecule has 3 rings (SSSR count). The van der Waals surface area contributed by atoms with Gasteiger partial charge in [0.05, 0.1) is 5.60 Å². The summed E-state index contributed by atoms with van der Waals surface area (Å²) in [4.78, 5) is 22.5. The molecule has 2 heterocycles. The lowest BCUT2D eigenvalue weighted by Crippen LogP contribution is -2.65. The van der Waals surface area contributed by atoms with Gasteiger partial charge >= 0.3 is 11.7 Å². The summed E-state index contributed by atoms with van der Waals surface area (Å²) in [5, 5.41) is 11.2. The first-order valence-electron chi connectivity index (χ1n) is 8.26. The molecule has 1 aromatic heterocycles. The molecule has 27 heavy (non-hydrogen) atoms. The van der Waals surface area contributed by atoms with Crippen molar-refractivity contribution in [2.45, 2.75) is 44.1 Å². The number of amides is 1. The molecule has 9 nitrogen and oxygen atoms in total. The Balaban J connectivity index is 1.88. The van der Waals surface area contributed by atoms with E-state index >= 15 is 0 Å². The molecule has 1 saturated heterocycles. The third kappa shape index (κ3) is 3.90. The molecule has 1 amide bonds. The number of carbonyl (C=O) groups excluding carboxylic acids is 1. The lowest BCUT2D eigenvalue weighted by Gasteiger charge is -2.47. The van der Waals surface area contributed by atoms with Gasteiger partial charge in [0.2, 0.25) is 6.29 Å². The second-order valence-electron chi connectivity index (χ2n) is 6.71. The van der Waals surface area contributed by atoms with Gasteiger partial charge in [-0.25, -0.2) is 9.59 Å². The van der Waals surface area contributed by atoms with Gasteiger partial charge in [-0.3, -0.25) is 0 Å². The predicted octanol–water partition coefficient (Wildman–Crippen LogP) is 1.15. The average Bonchev–Trinajstić information content (AvgIpc) is 2.58. The molecule has 9 heteroatoms. The fraction of sp³-hybridized carbons (Fsp3) is 0.444. The van der Waals surface area contributed by atoms with Crippen molar-refractivity contribution in [2.24, 2.45) is 5.73 Å². The van der Waals surface area contributed by atoms with Gasteiger partial charge in [0.1, 0.15) is 17.4 Å². The van der Waals surface area contributed by atoms with Crippen molar-refractivity contribution in [3.8, 4) is 5.75 Å². The highest BCUT2D eigenvalue weighted by atomic mass is 16.7. The third-order valence-corrected chi connectivity index (χ3v) is 4.37. The van der Waals surface area contributed by atoms with E-state index in [1.165, 1.54) is 13.2 Å². The normalized spacial score (nSPS) is 27.3. The van der Waals surface area contributed by atoms with Gasteiger partial charge < -0.3 is 34.2 Å². The summed E-state index contributed by atoms with van der Waals surface area (Å²) in [6.07, 6.45) is -5.38. The Kier molecular flexibility index (Phi) is 5.09. The molecule has 1 unspecified atom stereocenters. The maximum Gasteiger partial charge on any atom is 0.404 e. The maximum atomic E-state index is 11.3. The average molecular weight is 379 g/mol. The molecular weight excluding hydrogens is 358 g/mol. The van der Waals surface area contributed by atoms with E-state index in [1.807, 2.05) is 0 Å². The molecule has 146 valence electrons. The summed E-state index contributed by atoms with van der Waals surface area (Å²) in [6.45, 7) is 3.44. The van der Waals surface area contributed by atoms with Crippen molar-refractivity contribution in [1.29, 1.82) is 0 Å². The van der Waals surface area contributed by atoms with Crippen molar-refractivity contribution < 1.29 is 33.3 Å². The number of fused-ring (bicyclic) bond motifs is 1. The van der Waals surface area contributed by atoms with Crippen molar-refractivity contribution in [2.75, 3.05) is 7.11 Å². The minimum atomic E-state index is -1.35. The molecule has 2 aromatic rings. The molecule has 1 aliphatic rings. The summed E-state index contributed by atoms with van der Waals surface area (Å²) in [5.74, 6) is 0.366. The predicted molar refractivity (Wildman–Crippen MR) is 93.3 cm³/mol. The van der Waals surface area contributed by atoms with E-state index in [0.29, 0.717) is 16.7 Å². The van der Waals surface area contributed by atoms with Crippen LogP contribution in [-0.4, -0.2) is 48.5 Å². The van der Waals surface area contributed by atoms with Gasteiger partial charge in [-0.05, 0) is 38.1 Å². The minimum absolute atomic E-state index is 0.366. The largest absolute Gasteiger partial charge is 0.462 e. The lowest BCUT2D eigenvalue weighted by atomic mass is 9.89. The van der Waals surface area contributed by atoms with E-state index in [0.717, 1.165) is 0 Å². The number of benzene rings is 1. The number of primary amides is 1. The molecule has 1 aliphatic heterocycles. The Hall–Kier alpha value is -2.62. The van der Waals surface area contributed by atoms with Crippen LogP contribution in [-0.2, 0) is 14.2 Å². The van der Waals surface area contributed by atoms with E-state index in [9.17, 15) is 14.7 Å². The standard InChI is InChI=1S/C18H21NO8/c1-18(2)15(23-3)14(26-17(19)22)13(21)16(27-18)24-10-5-6-11-9(8-10)4-7-12(20)25-11/h4-8,13-16,21H,1-3H3,(H2,19,22)/t13-,14-,15+,16?/m0/s1. The molecule has 0 aliphatic carbocycles. The zero-order chi connectivity index (χ0) is 19.8.